The molecule has 0 heterocycles. The van der Waals surface area contributed by atoms with Crippen molar-refractivity contribution in [3.05, 3.63) is 109 Å². The third kappa shape index (κ3) is 75.9. The molecule has 5 atom stereocenters. The van der Waals surface area contributed by atoms with Crippen LogP contribution in [0.1, 0.15) is 349 Å². The predicted molar refractivity (Wildman–Crippen MR) is 427 cm³/mol. The third-order valence-corrected chi connectivity index (χ3v) is 19.2. The molecule has 104 heavy (non-hydrogen) atoms. The number of carbonyl (C=O) groups excluding carboxylic acids is 4. The van der Waals surface area contributed by atoms with Crippen LogP contribution in [0.15, 0.2) is 109 Å². The van der Waals surface area contributed by atoms with Crippen molar-refractivity contribution in [1.82, 2.24) is 0 Å². The Morgan fingerprint density at radius 3 is 0.779 bits per heavy atom. The van der Waals surface area contributed by atoms with E-state index in [0.717, 1.165) is 161 Å². The molecule has 5 unspecified atom stereocenters. The molecular weight excluding hydrogens is 1350 g/mol. The molecule has 0 fully saturated rings. The predicted octanol–water partition coefficient (Wildman–Crippen LogP) is 24.1. The molecule has 0 bridgehead atoms. The van der Waals surface area contributed by atoms with Crippen molar-refractivity contribution in [2.24, 2.45) is 0 Å². The highest BCUT2D eigenvalue weighted by atomic mass is 31.2. The van der Waals surface area contributed by atoms with E-state index >= 15 is 0 Å². The number of carbonyl (C=O) groups is 4. The monoisotopic (exact) mass is 1500 g/mol. The van der Waals surface area contributed by atoms with Gasteiger partial charge in [-0.25, -0.2) is 9.13 Å². The Morgan fingerprint density at radius 1 is 0.279 bits per heavy atom. The number of allylic oxidation sites excluding steroid dienone is 18. The van der Waals surface area contributed by atoms with E-state index in [1.807, 2.05) is 0 Å². The Labute approximate surface area is 632 Å². The van der Waals surface area contributed by atoms with Crippen LogP contribution in [0, 0.1) is 0 Å². The van der Waals surface area contributed by atoms with Gasteiger partial charge >= 0.3 is 39.5 Å². The molecule has 0 saturated carbocycles. The minimum absolute atomic E-state index is 0.0700. The lowest BCUT2D eigenvalue weighted by Gasteiger charge is -2.21. The van der Waals surface area contributed by atoms with Gasteiger partial charge in [-0.15, -0.1) is 0 Å². The molecule has 19 heteroatoms. The van der Waals surface area contributed by atoms with Crippen LogP contribution >= 0.6 is 15.6 Å². The van der Waals surface area contributed by atoms with Crippen molar-refractivity contribution in [3.8, 4) is 0 Å². The zero-order valence-electron chi connectivity index (χ0n) is 65.7. The van der Waals surface area contributed by atoms with Gasteiger partial charge in [0.25, 0.3) is 0 Å². The summed E-state index contributed by atoms with van der Waals surface area (Å²) in [6.07, 6.45) is 83.5. The molecule has 0 spiro atoms. The maximum absolute atomic E-state index is 13.1. The second-order valence-corrected chi connectivity index (χ2v) is 30.2. The summed E-state index contributed by atoms with van der Waals surface area (Å²) in [7, 11) is -9.96. The summed E-state index contributed by atoms with van der Waals surface area (Å²) in [6, 6.07) is 0. The number of hydrogen-bond acceptors (Lipinski definition) is 15. The standard InChI is InChI=1S/C85H148O17P2/c1-5-9-13-17-21-25-29-32-35-37-39-41-44-47-51-54-58-62-66-70-83(88)96-76-81(102-85(90)72-68-64-60-56-52-48-45-42-40-38-36-33-30-26-22-18-14-10-6-2)78-100-104(93,94)98-74-79(86)73-97-103(91,92)99-77-80(101-84(89)71-67-63-59-55-49-28-24-20-16-12-8-4)75-95-82(87)69-65-61-57-53-50-46-43-34-31-27-23-19-15-11-7-3/h9-10,13-14,21-22,25-26,32-33,35-36,39-42,47,51,79-81,86H,5-8,11-12,15-20,23-24,27-31,34,37-38,43-46,48-50,52-78H2,1-4H3,(H,91,92)(H,93,94)/b13-9-,14-10-,25-21-,26-22-,35-32-,36-33-,41-39-,42-40-,51-47-. The highest BCUT2D eigenvalue weighted by Crippen LogP contribution is 2.45. The fourth-order valence-corrected chi connectivity index (χ4v) is 12.6. The van der Waals surface area contributed by atoms with Crippen LogP contribution in [0.2, 0.25) is 0 Å². The topological polar surface area (TPSA) is 237 Å². The maximum atomic E-state index is 13.1. The molecule has 600 valence electrons. The van der Waals surface area contributed by atoms with Crippen LogP contribution in [0.5, 0.6) is 0 Å². The third-order valence-electron chi connectivity index (χ3n) is 17.3. The number of aliphatic hydroxyl groups excluding tert-OH is 1. The van der Waals surface area contributed by atoms with E-state index in [1.54, 1.807) is 0 Å². The molecule has 0 radical (unpaired) electrons. The summed E-state index contributed by atoms with van der Waals surface area (Å²) in [6.45, 7) is 4.64. The zero-order chi connectivity index (χ0) is 76.0. The highest BCUT2D eigenvalue weighted by molar-refractivity contribution is 7.47. The van der Waals surface area contributed by atoms with E-state index in [2.05, 4.69) is 137 Å². The minimum Gasteiger partial charge on any atom is -0.462 e. The van der Waals surface area contributed by atoms with Gasteiger partial charge in [-0.2, -0.15) is 0 Å². The lowest BCUT2D eigenvalue weighted by atomic mass is 10.0. The Balaban J connectivity index is 5.37. The fourth-order valence-electron chi connectivity index (χ4n) is 11.1. The molecular formula is C85H148O17P2. The molecule has 0 aromatic heterocycles. The molecule has 0 aromatic carbocycles. The van der Waals surface area contributed by atoms with Crippen LogP contribution in [0.25, 0.3) is 0 Å². The largest absolute Gasteiger partial charge is 0.472 e. The van der Waals surface area contributed by atoms with Crippen molar-refractivity contribution in [2.75, 3.05) is 39.6 Å². The van der Waals surface area contributed by atoms with Gasteiger partial charge in [-0.1, -0.05) is 323 Å². The van der Waals surface area contributed by atoms with Gasteiger partial charge in [0.2, 0.25) is 0 Å². The number of esters is 4. The van der Waals surface area contributed by atoms with Gasteiger partial charge < -0.3 is 33.8 Å². The molecule has 0 aliphatic carbocycles. The Kier molecular flexibility index (Phi) is 73.7. The van der Waals surface area contributed by atoms with Crippen LogP contribution in [0.3, 0.4) is 0 Å². The van der Waals surface area contributed by atoms with Gasteiger partial charge in [-0.3, -0.25) is 37.3 Å². The van der Waals surface area contributed by atoms with Crippen molar-refractivity contribution in [1.29, 1.82) is 0 Å². The first kappa shape index (κ1) is 99.7. The number of phosphoric ester groups is 2. The van der Waals surface area contributed by atoms with E-state index < -0.39 is 97.5 Å². The SMILES string of the molecule is CC/C=C\C/C=C\C/C=C\C/C=C\C/C=C\CCCCCC(=O)OCC(COP(=O)(O)OCC(O)COP(=O)(O)OCC(COC(=O)CCCCCCCCCCCCCCCCC)OC(=O)CCCCCCCCCCCCC)OC(=O)CCCCCCCC/C=C\C/C=C\C/C=C\C/C=C\CC. The van der Waals surface area contributed by atoms with Crippen LogP contribution in [0.4, 0.5) is 0 Å². The lowest BCUT2D eigenvalue weighted by molar-refractivity contribution is -0.161. The van der Waals surface area contributed by atoms with Gasteiger partial charge in [0, 0.05) is 25.7 Å². The first-order valence-electron chi connectivity index (χ1n) is 41.1. The summed E-state index contributed by atoms with van der Waals surface area (Å²) < 4.78 is 68.6. The van der Waals surface area contributed by atoms with Crippen LogP contribution < -0.4 is 0 Å². The smallest absolute Gasteiger partial charge is 0.462 e. The number of ether oxygens (including phenoxy) is 4. The lowest BCUT2D eigenvalue weighted by Crippen LogP contribution is -2.30. The molecule has 0 aliphatic rings. The van der Waals surface area contributed by atoms with Gasteiger partial charge in [0.05, 0.1) is 26.4 Å². The van der Waals surface area contributed by atoms with E-state index in [0.29, 0.717) is 25.7 Å². The summed E-state index contributed by atoms with van der Waals surface area (Å²) >= 11 is 0. The average Bonchev–Trinajstić information content (AvgIpc) is 0.928. The summed E-state index contributed by atoms with van der Waals surface area (Å²) in [4.78, 5) is 73.1. The average molecular weight is 1500 g/mol. The number of phosphoric acid groups is 2. The van der Waals surface area contributed by atoms with Gasteiger partial charge in [0.15, 0.2) is 12.2 Å². The first-order valence-corrected chi connectivity index (χ1v) is 44.1. The van der Waals surface area contributed by atoms with Crippen molar-refractivity contribution in [2.45, 2.75) is 367 Å². The normalized spacial score (nSPS) is 14.4. The fraction of sp³-hybridized carbons (Fsp3) is 0.741. The van der Waals surface area contributed by atoms with Crippen molar-refractivity contribution in [3.63, 3.8) is 0 Å². The van der Waals surface area contributed by atoms with E-state index in [-0.39, 0.29) is 25.7 Å². The van der Waals surface area contributed by atoms with Gasteiger partial charge in [0.1, 0.15) is 19.3 Å². The number of unbranched alkanes of at least 4 members (excludes halogenated alkanes) is 33. The number of rotatable bonds is 77. The summed E-state index contributed by atoms with van der Waals surface area (Å²) in [5.41, 5.74) is 0. The molecule has 3 N–H and O–H groups in total. The maximum Gasteiger partial charge on any atom is 0.472 e. The second kappa shape index (κ2) is 76.9. The zero-order valence-corrected chi connectivity index (χ0v) is 67.5. The Hall–Kier alpha value is -4.28. The van der Waals surface area contributed by atoms with Crippen LogP contribution in [-0.2, 0) is 65.4 Å². The quantitative estimate of drug-likeness (QED) is 0.0169. The summed E-state index contributed by atoms with van der Waals surface area (Å²) in [5.74, 6) is -2.20. The molecule has 0 aliphatic heterocycles. The molecule has 17 nitrogen and oxygen atoms in total. The number of aliphatic hydroxyl groups is 1. The Bertz CT molecular complexity index is 2390. The van der Waals surface area contributed by atoms with Crippen LogP contribution in [-0.4, -0.2) is 96.7 Å². The molecule has 0 aromatic rings. The Morgan fingerprint density at radius 2 is 0.500 bits per heavy atom. The molecule has 0 rings (SSSR count). The highest BCUT2D eigenvalue weighted by Gasteiger charge is 2.30. The molecule has 0 saturated heterocycles. The number of hydrogen-bond donors (Lipinski definition) is 3. The van der Waals surface area contributed by atoms with E-state index in [9.17, 15) is 43.2 Å². The molecule has 0 amide bonds. The van der Waals surface area contributed by atoms with Crippen molar-refractivity contribution < 1.29 is 80.2 Å². The van der Waals surface area contributed by atoms with Crippen molar-refractivity contribution >= 4 is 39.5 Å². The van der Waals surface area contributed by atoms with E-state index in [1.165, 1.54) is 109 Å². The van der Waals surface area contributed by atoms with Gasteiger partial charge in [-0.05, 0) is 109 Å². The summed E-state index contributed by atoms with van der Waals surface area (Å²) in [5, 5.41) is 10.6. The first-order chi connectivity index (χ1) is 50.7. The van der Waals surface area contributed by atoms with E-state index in [4.69, 9.17) is 37.0 Å². The minimum atomic E-state index is -4.99. The second-order valence-electron chi connectivity index (χ2n) is 27.3.